The fraction of sp³-hybridized carbons (Fsp3) is 0.667. The maximum atomic E-state index is 5.98. The van der Waals surface area contributed by atoms with Gasteiger partial charge in [0.15, 0.2) is 0 Å². The minimum atomic E-state index is 0.410. The summed E-state index contributed by atoms with van der Waals surface area (Å²) in [6.45, 7) is 4.65. The van der Waals surface area contributed by atoms with E-state index >= 15 is 0 Å². The summed E-state index contributed by atoms with van der Waals surface area (Å²) in [4.78, 5) is 0. The SMILES string of the molecule is CCC(C)C(c1ccccc1)C(NN)C1CCCCC1. The minimum absolute atomic E-state index is 0.410. The average Bonchev–Trinajstić information content (AvgIpc) is 2.53. The third-order valence-electron chi connectivity index (χ3n) is 5.18. The fourth-order valence-corrected chi connectivity index (χ4v) is 3.85. The van der Waals surface area contributed by atoms with Crippen molar-refractivity contribution in [2.24, 2.45) is 17.7 Å². The topological polar surface area (TPSA) is 38.0 Å². The minimum Gasteiger partial charge on any atom is -0.271 e. The van der Waals surface area contributed by atoms with Crippen LogP contribution >= 0.6 is 0 Å². The lowest BCUT2D eigenvalue weighted by Gasteiger charge is -2.38. The molecule has 0 heterocycles. The fourth-order valence-electron chi connectivity index (χ4n) is 3.85. The van der Waals surface area contributed by atoms with Crippen LogP contribution in [-0.2, 0) is 0 Å². The Bertz CT molecular complexity index is 370. The van der Waals surface area contributed by atoms with Crippen molar-refractivity contribution >= 4 is 0 Å². The van der Waals surface area contributed by atoms with Gasteiger partial charge in [-0.1, -0.05) is 69.9 Å². The standard InChI is InChI=1S/C18H30N2/c1-3-14(2)17(15-10-6-4-7-11-15)18(20-19)16-12-8-5-9-13-16/h4,6-7,10-11,14,16-18,20H,3,5,8-9,12-13,19H2,1-2H3. The van der Waals surface area contributed by atoms with E-state index in [1.807, 2.05) is 0 Å². The molecule has 1 aliphatic rings. The van der Waals surface area contributed by atoms with Crippen molar-refractivity contribution in [1.29, 1.82) is 0 Å². The molecule has 0 bridgehead atoms. The smallest absolute Gasteiger partial charge is 0.0309 e. The van der Waals surface area contributed by atoms with E-state index in [4.69, 9.17) is 5.84 Å². The molecule has 0 aliphatic heterocycles. The molecule has 3 N–H and O–H groups in total. The van der Waals surface area contributed by atoms with Crippen LogP contribution in [0.25, 0.3) is 0 Å². The number of hydrazine groups is 1. The zero-order chi connectivity index (χ0) is 14.4. The third-order valence-corrected chi connectivity index (χ3v) is 5.18. The first-order chi connectivity index (χ1) is 9.77. The largest absolute Gasteiger partial charge is 0.271 e. The maximum absolute atomic E-state index is 5.98. The molecule has 112 valence electrons. The molecular weight excluding hydrogens is 244 g/mol. The lowest BCUT2D eigenvalue weighted by atomic mass is 9.72. The number of benzene rings is 1. The van der Waals surface area contributed by atoms with Crippen LogP contribution in [-0.4, -0.2) is 6.04 Å². The summed E-state index contributed by atoms with van der Waals surface area (Å²) in [6.07, 6.45) is 7.98. The van der Waals surface area contributed by atoms with Crippen LogP contribution in [0.15, 0.2) is 30.3 Å². The Morgan fingerprint density at radius 3 is 2.35 bits per heavy atom. The second-order valence-corrected chi connectivity index (χ2v) is 6.41. The van der Waals surface area contributed by atoms with Crippen LogP contribution in [0.2, 0.25) is 0 Å². The summed E-state index contributed by atoms with van der Waals surface area (Å²) in [6, 6.07) is 11.3. The van der Waals surface area contributed by atoms with Gasteiger partial charge in [0.25, 0.3) is 0 Å². The normalized spacial score (nSPS) is 21.4. The Hall–Kier alpha value is -0.860. The van der Waals surface area contributed by atoms with E-state index in [0.717, 1.165) is 5.92 Å². The van der Waals surface area contributed by atoms with Gasteiger partial charge in [0, 0.05) is 12.0 Å². The Morgan fingerprint density at radius 1 is 1.15 bits per heavy atom. The molecule has 1 saturated carbocycles. The van der Waals surface area contributed by atoms with Crippen molar-refractivity contribution in [3.8, 4) is 0 Å². The Morgan fingerprint density at radius 2 is 1.80 bits per heavy atom. The molecule has 0 radical (unpaired) electrons. The van der Waals surface area contributed by atoms with Gasteiger partial charge < -0.3 is 0 Å². The molecule has 3 atom stereocenters. The van der Waals surface area contributed by atoms with Crippen molar-refractivity contribution in [3.05, 3.63) is 35.9 Å². The molecule has 0 amide bonds. The molecule has 2 heteroatoms. The molecule has 2 nitrogen and oxygen atoms in total. The number of rotatable bonds is 6. The Balaban J connectivity index is 2.23. The Labute approximate surface area is 124 Å². The van der Waals surface area contributed by atoms with Crippen molar-refractivity contribution < 1.29 is 0 Å². The van der Waals surface area contributed by atoms with Crippen LogP contribution in [0.4, 0.5) is 0 Å². The van der Waals surface area contributed by atoms with Crippen molar-refractivity contribution in [2.45, 2.75) is 64.3 Å². The number of nitrogens with two attached hydrogens (primary N) is 1. The number of hydrogen-bond donors (Lipinski definition) is 2. The van der Waals surface area contributed by atoms with Gasteiger partial charge in [0.1, 0.15) is 0 Å². The first kappa shape index (κ1) is 15.5. The van der Waals surface area contributed by atoms with Crippen LogP contribution < -0.4 is 11.3 Å². The lowest BCUT2D eigenvalue weighted by molar-refractivity contribution is 0.209. The monoisotopic (exact) mass is 274 g/mol. The van der Waals surface area contributed by atoms with E-state index in [0.29, 0.717) is 17.9 Å². The highest BCUT2D eigenvalue weighted by Gasteiger charge is 2.33. The molecule has 1 aromatic carbocycles. The van der Waals surface area contributed by atoms with Crippen molar-refractivity contribution in [3.63, 3.8) is 0 Å². The zero-order valence-electron chi connectivity index (χ0n) is 13.0. The van der Waals surface area contributed by atoms with Crippen LogP contribution in [0.5, 0.6) is 0 Å². The average molecular weight is 274 g/mol. The number of hydrogen-bond acceptors (Lipinski definition) is 2. The van der Waals surface area contributed by atoms with Crippen molar-refractivity contribution in [2.75, 3.05) is 0 Å². The molecule has 1 aromatic rings. The predicted molar refractivity (Wildman–Crippen MR) is 86.3 cm³/mol. The van der Waals surface area contributed by atoms with E-state index in [-0.39, 0.29) is 0 Å². The third kappa shape index (κ3) is 3.62. The molecular formula is C18H30N2. The molecule has 0 saturated heterocycles. The van der Waals surface area contributed by atoms with Gasteiger partial charge in [-0.2, -0.15) is 0 Å². The first-order valence-corrected chi connectivity index (χ1v) is 8.29. The van der Waals surface area contributed by atoms with E-state index in [1.165, 1.54) is 44.1 Å². The summed E-state index contributed by atoms with van der Waals surface area (Å²) in [5.41, 5.74) is 4.63. The van der Waals surface area contributed by atoms with Gasteiger partial charge in [-0.25, -0.2) is 0 Å². The Kier molecular flexibility index (Phi) is 6.06. The van der Waals surface area contributed by atoms with Gasteiger partial charge in [-0.05, 0) is 30.2 Å². The molecule has 1 fully saturated rings. The molecule has 0 aromatic heterocycles. The first-order valence-electron chi connectivity index (χ1n) is 8.29. The summed E-state index contributed by atoms with van der Waals surface area (Å²) in [7, 11) is 0. The van der Waals surface area contributed by atoms with E-state index in [2.05, 4.69) is 49.6 Å². The second kappa shape index (κ2) is 7.80. The van der Waals surface area contributed by atoms with Gasteiger partial charge in [0.05, 0.1) is 0 Å². The zero-order valence-corrected chi connectivity index (χ0v) is 13.0. The summed E-state index contributed by atoms with van der Waals surface area (Å²) in [5.74, 6) is 7.89. The molecule has 20 heavy (non-hydrogen) atoms. The molecule has 1 aliphatic carbocycles. The van der Waals surface area contributed by atoms with Crippen LogP contribution in [0.1, 0.15) is 63.9 Å². The van der Waals surface area contributed by atoms with Gasteiger partial charge in [-0.15, -0.1) is 0 Å². The molecule has 2 rings (SSSR count). The van der Waals surface area contributed by atoms with Gasteiger partial charge in [-0.3, -0.25) is 11.3 Å². The highest BCUT2D eigenvalue weighted by Crippen LogP contribution is 2.38. The van der Waals surface area contributed by atoms with Gasteiger partial charge >= 0.3 is 0 Å². The summed E-state index contributed by atoms with van der Waals surface area (Å²) >= 11 is 0. The van der Waals surface area contributed by atoms with Crippen molar-refractivity contribution in [1.82, 2.24) is 5.43 Å². The molecule has 0 spiro atoms. The van der Waals surface area contributed by atoms with Crippen LogP contribution in [0, 0.1) is 11.8 Å². The van der Waals surface area contributed by atoms with E-state index < -0.39 is 0 Å². The number of nitrogens with one attached hydrogen (secondary N) is 1. The highest BCUT2D eigenvalue weighted by molar-refractivity contribution is 5.22. The highest BCUT2D eigenvalue weighted by atomic mass is 15.2. The molecule has 3 unspecified atom stereocenters. The summed E-state index contributed by atoms with van der Waals surface area (Å²) in [5, 5.41) is 0. The van der Waals surface area contributed by atoms with E-state index in [9.17, 15) is 0 Å². The lowest BCUT2D eigenvalue weighted by Crippen LogP contribution is -2.47. The van der Waals surface area contributed by atoms with Gasteiger partial charge in [0.2, 0.25) is 0 Å². The quantitative estimate of drug-likeness (QED) is 0.602. The second-order valence-electron chi connectivity index (χ2n) is 6.41. The van der Waals surface area contributed by atoms with Crippen LogP contribution in [0.3, 0.4) is 0 Å². The summed E-state index contributed by atoms with van der Waals surface area (Å²) < 4.78 is 0. The maximum Gasteiger partial charge on any atom is 0.0309 e. The van der Waals surface area contributed by atoms with E-state index in [1.54, 1.807) is 0 Å². The predicted octanol–water partition coefficient (Wildman–Crippen LogP) is 4.23.